The van der Waals surface area contributed by atoms with Crippen LogP contribution in [0.15, 0.2) is 36.4 Å². The number of rotatable bonds is 5. The summed E-state index contributed by atoms with van der Waals surface area (Å²) in [4.78, 5) is 11.7. The quantitative estimate of drug-likeness (QED) is 0.907. The van der Waals surface area contributed by atoms with E-state index in [0.717, 1.165) is 24.3 Å². The molecule has 0 spiro atoms. The first kappa shape index (κ1) is 17.3. The molecule has 0 aromatic heterocycles. The highest BCUT2D eigenvalue weighted by Gasteiger charge is 2.28. The van der Waals surface area contributed by atoms with Crippen LogP contribution in [0.4, 0.5) is 0 Å². The van der Waals surface area contributed by atoms with Crippen LogP contribution in [-0.2, 0) is 17.6 Å². The molecule has 3 rings (SSSR count). The van der Waals surface area contributed by atoms with Crippen LogP contribution >= 0.6 is 0 Å². The lowest BCUT2D eigenvalue weighted by molar-refractivity contribution is -0.121. The molecule has 4 nitrogen and oxygen atoms in total. The fourth-order valence-electron chi connectivity index (χ4n) is 3.74. The van der Waals surface area contributed by atoms with E-state index in [1.165, 1.54) is 22.3 Å². The van der Waals surface area contributed by atoms with Gasteiger partial charge in [-0.25, -0.2) is 0 Å². The fourth-order valence-corrected chi connectivity index (χ4v) is 3.74. The minimum absolute atomic E-state index is 0.121. The Labute approximate surface area is 148 Å². The number of amides is 1. The fraction of sp³-hybridized carbons (Fsp3) is 0.381. The van der Waals surface area contributed by atoms with Gasteiger partial charge in [-0.1, -0.05) is 31.2 Å². The van der Waals surface area contributed by atoms with Gasteiger partial charge in [-0.2, -0.15) is 0 Å². The summed E-state index contributed by atoms with van der Waals surface area (Å²) in [5.41, 5.74) is 10.6. The van der Waals surface area contributed by atoms with E-state index in [1.807, 2.05) is 6.92 Å². The highest BCUT2D eigenvalue weighted by Crippen LogP contribution is 2.42. The average molecular weight is 339 g/mol. The van der Waals surface area contributed by atoms with E-state index in [9.17, 15) is 4.79 Å². The lowest BCUT2D eigenvalue weighted by Gasteiger charge is -2.24. The summed E-state index contributed by atoms with van der Waals surface area (Å²) >= 11 is 0. The molecule has 4 heteroatoms. The average Bonchev–Trinajstić information content (AvgIpc) is 2.77. The standard InChI is InChI=1S/C21H25NO3/c1-13(21(22)23)10-18-16-7-5-4-6-14(16)8-9-15-11-19(24-2)20(25-3)12-17(15)18/h4-7,11-13,18H,8-10H2,1-3H3,(H2,22,23). The molecule has 0 aliphatic heterocycles. The lowest BCUT2D eigenvalue weighted by Crippen LogP contribution is -2.23. The van der Waals surface area contributed by atoms with Crippen molar-refractivity contribution in [2.75, 3.05) is 14.2 Å². The van der Waals surface area contributed by atoms with Crippen LogP contribution in [0.3, 0.4) is 0 Å². The largest absolute Gasteiger partial charge is 0.493 e. The normalized spacial score (nSPS) is 17.0. The number of hydrogen-bond acceptors (Lipinski definition) is 3. The molecular weight excluding hydrogens is 314 g/mol. The van der Waals surface area contributed by atoms with E-state index in [2.05, 4.69) is 36.4 Å². The predicted octanol–water partition coefficient (Wildman–Crippen LogP) is 3.45. The molecule has 2 unspecified atom stereocenters. The molecule has 132 valence electrons. The van der Waals surface area contributed by atoms with Gasteiger partial charge in [0.05, 0.1) is 14.2 Å². The molecule has 0 radical (unpaired) electrons. The van der Waals surface area contributed by atoms with Crippen molar-refractivity contribution in [2.24, 2.45) is 11.7 Å². The van der Waals surface area contributed by atoms with Crippen LogP contribution < -0.4 is 15.2 Å². The van der Waals surface area contributed by atoms with E-state index in [1.54, 1.807) is 14.2 Å². The summed E-state index contributed by atoms with van der Waals surface area (Å²) in [5, 5.41) is 0. The number of primary amides is 1. The first-order chi connectivity index (χ1) is 12.0. The molecule has 2 atom stereocenters. The van der Waals surface area contributed by atoms with Gasteiger partial charge < -0.3 is 15.2 Å². The van der Waals surface area contributed by atoms with Crippen LogP contribution in [0.1, 0.15) is 41.5 Å². The van der Waals surface area contributed by atoms with Crippen molar-refractivity contribution in [3.63, 3.8) is 0 Å². The molecule has 1 aliphatic rings. The third-order valence-electron chi connectivity index (χ3n) is 5.19. The van der Waals surface area contributed by atoms with E-state index >= 15 is 0 Å². The lowest BCUT2D eigenvalue weighted by atomic mass is 9.81. The van der Waals surface area contributed by atoms with Gasteiger partial charge in [-0.15, -0.1) is 0 Å². The summed E-state index contributed by atoms with van der Waals surface area (Å²) in [5.74, 6) is 1.13. The molecule has 2 aromatic rings. The summed E-state index contributed by atoms with van der Waals surface area (Å²) < 4.78 is 11.0. The minimum atomic E-state index is -0.260. The van der Waals surface area contributed by atoms with Crippen LogP contribution in [0.5, 0.6) is 11.5 Å². The Hall–Kier alpha value is -2.49. The van der Waals surface area contributed by atoms with Crippen molar-refractivity contribution in [1.82, 2.24) is 0 Å². The van der Waals surface area contributed by atoms with E-state index in [-0.39, 0.29) is 17.7 Å². The number of benzene rings is 2. The second kappa shape index (κ2) is 7.18. The molecule has 0 fully saturated rings. The Kier molecular flexibility index (Phi) is 4.98. The first-order valence-corrected chi connectivity index (χ1v) is 8.67. The Balaban J connectivity index is 2.15. The number of hydrogen-bond donors (Lipinski definition) is 1. The number of carbonyl (C=O) groups excluding carboxylic acids is 1. The number of ether oxygens (including phenoxy) is 2. The third-order valence-corrected chi connectivity index (χ3v) is 5.19. The molecular formula is C21H25NO3. The van der Waals surface area contributed by atoms with E-state index in [4.69, 9.17) is 15.2 Å². The Bertz CT molecular complexity index is 785. The van der Waals surface area contributed by atoms with Crippen molar-refractivity contribution < 1.29 is 14.3 Å². The van der Waals surface area contributed by atoms with Gasteiger partial charge in [-0.05, 0) is 53.6 Å². The summed E-state index contributed by atoms with van der Waals surface area (Å²) in [7, 11) is 3.30. The van der Waals surface area contributed by atoms with Crippen molar-refractivity contribution in [3.05, 3.63) is 58.7 Å². The Morgan fingerprint density at radius 2 is 1.72 bits per heavy atom. The number of aryl methyl sites for hydroxylation is 2. The van der Waals surface area contributed by atoms with Gasteiger partial charge in [0.15, 0.2) is 11.5 Å². The maximum absolute atomic E-state index is 11.7. The van der Waals surface area contributed by atoms with Gasteiger partial charge in [0.25, 0.3) is 0 Å². The Morgan fingerprint density at radius 1 is 1.08 bits per heavy atom. The molecule has 2 aromatic carbocycles. The maximum atomic E-state index is 11.7. The number of carbonyl (C=O) groups is 1. The zero-order valence-electron chi connectivity index (χ0n) is 15.0. The zero-order valence-corrected chi connectivity index (χ0v) is 15.0. The van der Waals surface area contributed by atoms with Crippen molar-refractivity contribution in [2.45, 2.75) is 32.1 Å². The van der Waals surface area contributed by atoms with Gasteiger partial charge in [0.2, 0.25) is 5.91 Å². The monoisotopic (exact) mass is 339 g/mol. The molecule has 0 saturated heterocycles. The third kappa shape index (κ3) is 3.34. The summed E-state index contributed by atoms with van der Waals surface area (Å²) in [6.07, 6.45) is 2.60. The zero-order chi connectivity index (χ0) is 18.0. The van der Waals surface area contributed by atoms with Crippen molar-refractivity contribution in [1.29, 1.82) is 0 Å². The molecule has 25 heavy (non-hydrogen) atoms. The smallest absolute Gasteiger partial charge is 0.220 e. The van der Waals surface area contributed by atoms with E-state index in [0.29, 0.717) is 6.42 Å². The second-order valence-electron chi connectivity index (χ2n) is 6.70. The van der Waals surface area contributed by atoms with Crippen LogP contribution in [0.25, 0.3) is 0 Å². The molecule has 2 N–H and O–H groups in total. The second-order valence-corrected chi connectivity index (χ2v) is 6.70. The summed E-state index contributed by atoms with van der Waals surface area (Å²) in [6, 6.07) is 12.6. The minimum Gasteiger partial charge on any atom is -0.493 e. The van der Waals surface area contributed by atoms with Gasteiger partial charge in [0.1, 0.15) is 0 Å². The molecule has 1 amide bonds. The highest BCUT2D eigenvalue weighted by atomic mass is 16.5. The number of nitrogens with two attached hydrogens (primary N) is 1. The molecule has 1 aliphatic carbocycles. The van der Waals surface area contributed by atoms with Crippen LogP contribution in [0, 0.1) is 5.92 Å². The van der Waals surface area contributed by atoms with Gasteiger partial charge in [0, 0.05) is 11.8 Å². The maximum Gasteiger partial charge on any atom is 0.220 e. The predicted molar refractivity (Wildman–Crippen MR) is 98.2 cm³/mol. The molecule has 0 heterocycles. The van der Waals surface area contributed by atoms with Gasteiger partial charge in [-0.3, -0.25) is 4.79 Å². The van der Waals surface area contributed by atoms with Crippen LogP contribution in [-0.4, -0.2) is 20.1 Å². The first-order valence-electron chi connectivity index (χ1n) is 8.67. The van der Waals surface area contributed by atoms with Crippen LogP contribution in [0.2, 0.25) is 0 Å². The molecule has 0 saturated carbocycles. The number of methoxy groups -OCH3 is 2. The highest BCUT2D eigenvalue weighted by molar-refractivity contribution is 5.76. The summed E-state index contributed by atoms with van der Waals surface area (Å²) in [6.45, 7) is 1.90. The Morgan fingerprint density at radius 3 is 2.40 bits per heavy atom. The topological polar surface area (TPSA) is 61.6 Å². The SMILES string of the molecule is COc1cc2c(cc1OC)C(CC(C)C(N)=O)c1ccccc1CC2. The molecule has 0 bridgehead atoms. The van der Waals surface area contributed by atoms with Crippen molar-refractivity contribution >= 4 is 5.91 Å². The number of fused-ring (bicyclic) bond motifs is 2. The van der Waals surface area contributed by atoms with E-state index < -0.39 is 0 Å². The van der Waals surface area contributed by atoms with Gasteiger partial charge >= 0.3 is 0 Å². The van der Waals surface area contributed by atoms with Crippen molar-refractivity contribution in [3.8, 4) is 11.5 Å².